The molecule has 0 radical (unpaired) electrons. The van der Waals surface area contributed by atoms with Gasteiger partial charge in [0.25, 0.3) is 6.43 Å². The van der Waals surface area contributed by atoms with Crippen molar-refractivity contribution in [1.29, 1.82) is 0 Å². The van der Waals surface area contributed by atoms with Gasteiger partial charge in [-0.2, -0.15) is 5.10 Å². The molecule has 1 aliphatic carbocycles. The van der Waals surface area contributed by atoms with Crippen LogP contribution in [0.5, 0.6) is 0 Å². The highest BCUT2D eigenvalue weighted by Gasteiger charge is 2.22. The van der Waals surface area contributed by atoms with Crippen LogP contribution in [0.1, 0.15) is 50.3 Å². The van der Waals surface area contributed by atoms with Gasteiger partial charge in [-0.15, -0.1) is 0 Å². The van der Waals surface area contributed by atoms with E-state index < -0.39 is 6.43 Å². The van der Waals surface area contributed by atoms with Gasteiger partial charge < -0.3 is 5.32 Å². The highest BCUT2D eigenvalue weighted by Crippen LogP contribution is 2.31. The van der Waals surface area contributed by atoms with E-state index in [4.69, 9.17) is 0 Å². The van der Waals surface area contributed by atoms with E-state index in [2.05, 4.69) is 10.4 Å². The first-order chi connectivity index (χ1) is 7.72. The third-order valence-electron chi connectivity index (χ3n) is 3.19. The first-order valence-corrected chi connectivity index (χ1v) is 5.77. The van der Waals surface area contributed by atoms with Crippen molar-refractivity contribution >= 4 is 5.69 Å². The Labute approximate surface area is 93.8 Å². The second-order valence-electron chi connectivity index (χ2n) is 4.25. The van der Waals surface area contributed by atoms with Gasteiger partial charge in [-0.1, -0.05) is 19.3 Å². The van der Waals surface area contributed by atoms with Gasteiger partial charge in [0.15, 0.2) is 5.69 Å². The van der Waals surface area contributed by atoms with Gasteiger partial charge in [-0.3, -0.25) is 4.68 Å². The summed E-state index contributed by atoms with van der Waals surface area (Å²) in [5, 5.41) is 6.78. The van der Waals surface area contributed by atoms with Crippen LogP contribution >= 0.6 is 0 Å². The van der Waals surface area contributed by atoms with Gasteiger partial charge >= 0.3 is 0 Å². The molecule has 0 saturated heterocycles. The molecule has 1 aliphatic rings. The standard InChI is InChI=1S/C11H17F2N3/c1-14-9-7-16(15-10(9)11(12)13)8-5-3-2-4-6-8/h7-8,11,14H,2-6H2,1H3. The zero-order valence-corrected chi connectivity index (χ0v) is 9.42. The van der Waals surface area contributed by atoms with E-state index in [0.29, 0.717) is 11.7 Å². The number of hydrogen-bond donors (Lipinski definition) is 1. The van der Waals surface area contributed by atoms with Crippen LogP contribution in [0.2, 0.25) is 0 Å². The van der Waals surface area contributed by atoms with E-state index in [0.717, 1.165) is 12.8 Å². The Bertz CT molecular complexity index is 343. The van der Waals surface area contributed by atoms with Crippen molar-refractivity contribution in [2.75, 3.05) is 12.4 Å². The number of nitrogens with zero attached hydrogens (tertiary/aromatic N) is 2. The van der Waals surface area contributed by atoms with Crippen LogP contribution in [0.25, 0.3) is 0 Å². The number of nitrogens with one attached hydrogen (secondary N) is 1. The second-order valence-corrected chi connectivity index (χ2v) is 4.25. The number of aromatic nitrogens is 2. The van der Waals surface area contributed by atoms with Crippen molar-refractivity contribution in [3.63, 3.8) is 0 Å². The Morgan fingerprint density at radius 2 is 2.06 bits per heavy atom. The first-order valence-electron chi connectivity index (χ1n) is 5.77. The zero-order valence-electron chi connectivity index (χ0n) is 9.42. The Morgan fingerprint density at radius 3 is 2.56 bits per heavy atom. The lowest BCUT2D eigenvalue weighted by molar-refractivity contribution is 0.144. The third-order valence-corrected chi connectivity index (χ3v) is 3.19. The molecule has 0 aromatic carbocycles. The highest BCUT2D eigenvalue weighted by atomic mass is 19.3. The van der Waals surface area contributed by atoms with Crippen LogP contribution < -0.4 is 5.32 Å². The summed E-state index contributed by atoms with van der Waals surface area (Å²) in [6, 6.07) is 0.299. The molecule has 5 heteroatoms. The molecule has 0 atom stereocenters. The quantitative estimate of drug-likeness (QED) is 0.861. The van der Waals surface area contributed by atoms with E-state index in [1.54, 1.807) is 17.9 Å². The summed E-state index contributed by atoms with van der Waals surface area (Å²) in [4.78, 5) is 0. The Balaban J connectivity index is 2.20. The molecular weight excluding hydrogens is 212 g/mol. The van der Waals surface area contributed by atoms with Gasteiger partial charge in [-0.05, 0) is 12.8 Å². The fourth-order valence-corrected chi connectivity index (χ4v) is 2.29. The normalized spacial score (nSPS) is 18.0. The first kappa shape index (κ1) is 11.4. The minimum Gasteiger partial charge on any atom is -0.385 e. The molecule has 1 aromatic rings. The molecule has 90 valence electrons. The van der Waals surface area contributed by atoms with E-state index in [-0.39, 0.29) is 5.69 Å². The maximum atomic E-state index is 12.7. The molecule has 1 aromatic heterocycles. The van der Waals surface area contributed by atoms with Crippen molar-refractivity contribution < 1.29 is 8.78 Å². The number of rotatable bonds is 3. The molecular formula is C11H17F2N3. The molecule has 3 nitrogen and oxygen atoms in total. The van der Waals surface area contributed by atoms with Crippen LogP contribution in [-0.2, 0) is 0 Å². The van der Waals surface area contributed by atoms with Crippen LogP contribution in [0.3, 0.4) is 0 Å². The van der Waals surface area contributed by atoms with Crippen LogP contribution in [0.4, 0.5) is 14.5 Å². The number of anilines is 1. The van der Waals surface area contributed by atoms with E-state index in [1.807, 2.05) is 0 Å². The monoisotopic (exact) mass is 229 g/mol. The van der Waals surface area contributed by atoms with Crippen LogP contribution in [0.15, 0.2) is 6.20 Å². The fourth-order valence-electron chi connectivity index (χ4n) is 2.29. The number of halogens is 2. The van der Waals surface area contributed by atoms with E-state index in [1.165, 1.54) is 19.3 Å². The molecule has 0 unspecified atom stereocenters. The van der Waals surface area contributed by atoms with Crippen molar-refractivity contribution in [1.82, 2.24) is 9.78 Å². The summed E-state index contributed by atoms with van der Waals surface area (Å²) in [5.74, 6) is 0. The molecule has 0 bridgehead atoms. The summed E-state index contributed by atoms with van der Waals surface area (Å²) in [7, 11) is 1.65. The predicted molar refractivity (Wildman–Crippen MR) is 58.9 cm³/mol. The lowest BCUT2D eigenvalue weighted by Crippen LogP contribution is -2.13. The number of hydrogen-bond acceptors (Lipinski definition) is 2. The van der Waals surface area contributed by atoms with Gasteiger partial charge in [0.2, 0.25) is 0 Å². The Kier molecular flexibility index (Phi) is 3.41. The number of alkyl halides is 2. The van der Waals surface area contributed by atoms with Crippen molar-refractivity contribution in [2.45, 2.75) is 44.6 Å². The fraction of sp³-hybridized carbons (Fsp3) is 0.727. The summed E-state index contributed by atoms with van der Waals surface area (Å²) in [6.07, 6.45) is 4.89. The molecule has 0 aliphatic heterocycles. The summed E-state index contributed by atoms with van der Waals surface area (Å²) in [6.45, 7) is 0. The topological polar surface area (TPSA) is 29.9 Å². The summed E-state index contributed by atoms with van der Waals surface area (Å²) >= 11 is 0. The molecule has 2 rings (SSSR count). The molecule has 1 N–H and O–H groups in total. The van der Waals surface area contributed by atoms with Gasteiger partial charge in [0, 0.05) is 13.2 Å². The lowest BCUT2D eigenvalue weighted by atomic mass is 9.96. The zero-order chi connectivity index (χ0) is 11.5. The molecule has 0 spiro atoms. The molecule has 1 saturated carbocycles. The average molecular weight is 229 g/mol. The van der Waals surface area contributed by atoms with Gasteiger partial charge in [0.05, 0.1) is 11.7 Å². The summed E-state index contributed by atoms with van der Waals surface area (Å²) in [5.41, 5.74) is 0.314. The minimum atomic E-state index is -2.51. The van der Waals surface area contributed by atoms with Crippen molar-refractivity contribution in [3.8, 4) is 0 Å². The lowest BCUT2D eigenvalue weighted by Gasteiger charge is -2.21. The average Bonchev–Trinajstić information content (AvgIpc) is 2.74. The van der Waals surface area contributed by atoms with E-state index >= 15 is 0 Å². The highest BCUT2D eigenvalue weighted by molar-refractivity contribution is 5.46. The SMILES string of the molecule is CNc1cn(C2CCCCC2)nc1C(F)F. The molecule has 1 fully saturated rings. The molecule has 0 amide bonds. The van der Waals surface area contributed by atoms with Gasteiger partial charge in [-0.25, -0.2) is 8.78 Å². The third kappa shape index (κ3) is 2.18. The predicted octanol–water partition coefficient (Wildman–Crippen LogP) is 3.37. The maximum absolute atomic E-state index is 12.7. The maximum Gasteiger partial charge on any atom is 0.284 e. The van der Waals surface area contributed by atoms with Gasteiger partial charge in [0.1, 0.15) is 0 Å². The minimum absolute atomic E-state index is 0.131. The van der Waals surface area contributed by atoms with Crippen LogP contribution in [-0.4, -0.2) is 16.8 Å². The Morgan fingerprint density at radius 1 is 1.38 bits per heavy atom. The van der Waals surface area contributed by atoms with Crippen LogP contribution in [0, 0.1) is 0 Å². The second kappa shape index (κ2) is 4.80. The van der Waals surface area contributed by atoms with Crippen molar-refractivity contribution in [3.05, 3.63) is 11.9 Å². The smallest absolute Gasteiger partial charge is 0.284 e. The molecule has 1 heterocycles. The van der Waals surface area contributed by atoms with Crippen molar-refractivity contribution in [2.24, 2.45) is 0 Å². The van der Waals surface area contributed by atoms with E-state index in [9.17, 15) is 8.78 Å². The largest absolute Gasteiger partial charge is 0.385 e. The summed E-state index contributed by atoms with van der Waals surface area (Å²) < 4.78 is 27.1. The molecule has 16 heavy (non-hydrogen) atoms. The Hall–Kier alpha value is -1.13.